The standard InChI is InChI=1S/C11H9N5OS/c12-3-1-2-9-6-15-11(18-9)16-10(17)8-4-13-7-14-5-8/h4-7H,3,12H2,(H,15,16,17). The fourth-order valence-corrected chi connectivity index (χ4v) is 1.80. The number of amides is 1. The Morgan fingerprint density at radius 3 is 2.89 bits per heavy atom. The molecule has 18 heavy (non-hydrogen) atoms. The second kappa shape index (κ2) is 5.86. The van der Waals surface area contributed by atoms with Crippen LogP contribution in [0, 0.1) is 11.8 Å². The van der Waals surface area contributed by atoms with Crippen LogP contribution in [0.2, 0.25) is 0 Å². The van der Waals surface area contributed by atoms with E-state index in [0.29, 0.717) is 17.2 Å². The van der Waals surface area contributed by atoms with Crippen molar-refractivity contribution in [3.8, 4) is 11.8 Å². The van der Waals surface area contributed by atoms with Gasteiger partial charge in [-0.2, -0.15) is 0 Å². The molecular formula is C11H9N5OS. The molecule has 1 amide bonds. The third-order valence-corrected chi connectivity index (χ3v) is 2.69. The van der Waals surface area contributed by atoms with Crippen molar-refractivity contribution < 1.29 is 4.79 Å². The van der Waals surface area contributed by atoms with Gasteiger partial charge < -0.3 is 5.73 Å². The Bertz CT molecular complexity index is 599. The number of hydrogen-bond donors (Lipinski definition) is 2. The molecule has 0 radical (unpaired) electrons. The molecule has 0 saturated heterocycles. The topological polar surface area (TPSA) is 93.8 Å². The highest BCUT2D eigenvalue weighted by Crippen LogP contribution is 2.17. The van der Waals surface area contributed by atoms with E-state index in [2.05, 4.69) is 32.1 Å². The molecule has 7 heteroatoms. The Kier molecular flexibility index (Phi) is 3.96. The SMILES string of the molecule is NCC#Cc1cnc(NC(=O)c2cncnc2)s1. The Morgan fingerprint density at radius 1 is 1.39 bits per heavy atom. The number of hydrogen-bond acceptors (Lipinski definition) is 6. The predicted molar refractivity (Wildman–Crippen MR) is 68.0 cm³/mol. The minimum atomic E-state index is -0.303. The smallest absolute Gasteiger partial charge is 0.260 e. The van der Waals surface area contributed by atoms with E-state index in [-0.39, 0.29) is 5.91 Å². The van der Waals surface area contributed by atoms with E-state index >= 15 is 0 Å². The van der Waals surface area contributed by atoms with Gasteiger partial charge in [-0.1, -0.05) is 23.2 Å². The first-order chi connectivity index (χ1) is 8.79. The van der Waals surface area contributed by atoms with Crippen LogP contribution < -0.4 is 11.1 Å². The highest BCUT2D eigenvalue weighted by atomic mass is 32.1. The van der Waals surface area contributed by atoms with Crippen molar-refractivity contribution in [1.82, 2.24) is 15.0 Å². The zero-order valence-electron chi connectivity index (χ0n) is 9.25. The molecule has 3 N–H and O–H groups in total. The molecule has 0 bridgehead atoms. The quantitative estimate of drug-likeness (QED) is 0.766. The van der Waals surface area contributed by atoms with E-state index < -0.39 is 0 Å². The minimum absolute atomic E-state index is 0.293. The van der Waals surface area contributed by atoms with Crippen LogP contribution in [-0.4, -0.2) is 27.4 Å². The maximum Gasteiger partial charge on any atom is 0.260 e. The Hall–Kier alpha value is -2.30. The van der Waals surface area contributed by atoms with Crippen molar-refractivity contribution >= 4 is 22.4 Å². The van der Waals surface area contributed by atoms with Gasteiger partial charge in [0.25, 0.3) is 5.91 Å². The van der Waals surface area contributed by atoms with Crippen LogP contribution in [0.4, 0.5) is 5.13 Å². The molecule has 0 unspecified atom stereocenters. The number of carbonyl (C=O) groups excluding carboxylic acids is 1. The van der Waals surface area contributed by atoms with E-state index in [1.54, 1.807) is 6.20 Å². The van der Waals surface area contributed by atoms with Crippen molar-refractivity contribution in [2.75, 3.05) is 11.9 Å². The van der Waals surface area contributed by atoms with Crippen molar-refractivity contribution in [2.24, 2.45) is 5.73 Å². The second-order valence-corrected chi connectivity index (χ2v) is 4.15. The summed E-state index contributed by atoms with van der Waals surface area (Å²) in [5.41, 5.74) is 5.64. The van der Waals surface area contributed by atoms with E-state index in [1.165, 1.54) is 30.1 Å². The Balaban J connectivity index is 2.06. The number of nitrogens with two attached hydrogens (primary N) is 1. The normalized spacial score (nSPS) is 9.39. The van der Waals surface area contributed by atoms with Gasteiger partial charge in [0.05, 0.1) is 23.2 Å². The van der Waals surface area contributed by atoms with Gasteiger partial charge in [0, 0.05) is 12.4 Å². The van der Waals surface area contributed by atoms with Gasteiger partial charge in [-0.15, -0.1) is 0 Å². The first-order valence-corrected chi connectivity index (χ1v) is 5.82. The molecular weight excluding hydrogens is 250 g/mol. The van der Waals surface area contributed by atoms with Crippen LogP contribution in [0.15, 0.2) is 24.9 Å². The average molecular weight is 259 g/mol. The number of nitrogens with zero attached hydrogens (tertiary/aromatic N) is 3. The molecule has 0 aromatic carbocycles. The largest absolute Gasteiger partial charge is 0.320 e. The van der Waals surface area contributed by atoms with Gasteiger partial charge in [0.2, 0.25) is 0 Å². The summed E-state index contributed by atoms with van der Waals surface area (Å²) in [5.74, 6) is 5.26. The molecule has 0 aliphatic rings. The first-order valence-electron chi connectivity index (χ1n) is 5.00. The van der Waals surface area contributed by atoms with Crippen molar-refractivity contribution in [1.29, 1.82) is 0 Å². The van der Waals surface area contributed by atoms with E-state index in [1.807, 2.05) is 0 Å². The fourth-order valence-electron chi connectivity index (χ4n) is 1.11. The molecule has 0 saturated carbocycles. The minimum Gasteiger partial charge on any atom is -0.320 e. The number of thiazole rings is 1. The Morgan fingerprint density at radius 2 is 2.17 bits per heavy atom. The summed E-state index contributed by atoms with van der Waals surface area (Å²) in [6.45, 7) is 0.293. The maximum absolute atomic E-state index is 11.8. The van der Waals surface area contributed by atoms with Crippen molar-refractivity contribution in [2.45, 2.75) is 0 Å². The third-order valence-electron chi connectivity index (χ3n) is 1.86. The molecule has 0 aliphatic carbocycles. The van der Waals surface area contributed by atoms with Gasteiger partial charge in [-0.3, -0.25) is 10.1 Å². The average Bonchev–Trinajstić information content (AvgIpc) is 2.85. The summed E-state index contributed by atoms with van der Waals surface area (Å²) in [6, 6.07) is 0. The molecule has 2 heterocycles. The van der Waals surface area contributed by atoms with Crippen LogP contribution in [-0.2, 0) is 0 Å². The molecule has 0 atom stereocenters. The molecule has 6 nitrogen and oxygen atoms in total. The van der Waals surface area contributed by atoms with Crippen LogP contribution in [0.3, 0.4) is 0 Å². The monoisotopic (exact) mass is 259 g/mol. The third kappa shape index (κ3) is 3.10. The number of anilines is 1. The summed E-state index contributed by atoms with van der Waals surface area (Å²) >= 11 is 1.28. The first kappa shape index (κ1) is 12.2. The molecule has 0 fully saturated rings. The van der Waals surface area contributed by atoms with Crippen LogP contribution in [0.25, 0.3) is 0 Å². The van der Waals surface area contributed by atoms with Gasteiger partial charge in [-0.05, 0) is 0 Å². The summed E-state index contributed by atoms with van der Waals surface area (Å²) in [5, 5.41) is 3.12. The number of carbonyl (C=O) groups is 1. The van der Waals surface area contributed by atoms with Crippen LogP contribution in [0.5, 0.6) is 0 Å². The zero-order valence-corrected chi connectivity index (χ0v) is 10.1. The van der Waals surface area contributed by atoms with E-state index in [9.17, 15) is 4.79 Å². The summed E-state index contributed by atoms with van der Waals surface area (Å²) in [6.07, 6.45) is 5.82. The zero-order chi connectivity index (χ0) is 12.8. The molecule has 90 valence electrons. The summed E-state index contributed by atoms with van der Waals surface area (Å²) in [7, 11) is 0. The highest BCUT2D eigenvalue weighted by molar-refractivity contribution is 7.16. The van der Waals surface area contributed by atoms with Crippen LogP contribution >= 0.6 is 11.3 Å². The highest BCUT2D eigenvalue weighted by Gasteiger charge is 2.08. The van der Waals surface area contributed by atoms with Gasteiger partial charge in [0.15, 0.2) is 5.13 Å². The lowest BCUT2D eigenvalue weighted by Crippen LogP contribution is -2.12. The molecule has 0 spiro atoms. The van der Waals surface area contributed by atoms with Crippen molar-refractivity contribution in [3.05, 3.63) is 35.4 Å². The van der Waals surface area contributed by atoms with Gasteiger partial charge in [-0.25, -0.2) is 15.0 Å². The number of nitrogens with one attached hydrogen (secondary N) is 1. The lowest BCUT2D eigenvalue weighted by molar-refractivity contribution is 0.102. The maximum atomic E-state index is 11.8. The van der Waals surface area contributed by atoms with Gasteiger partial charge >= 0.3 is 0 Å². The van der Waals surface area contributed by atoms with Gasteiger partial charge in [0.1, 0.15) is 6.33 Å². The Labute approximate surface area is 107 Å². The molecule has 2 aromatic heterocycles. The second-order valence-electron chi connectivity index (χ2n) is 3.12. The summed E-state index contributed by atoms with van der Waals surface area (Å²) < 4.78 is 0. The number of aromatic nitrogens is 3. The lowest BCUT2D eigenvalue weighted by Gasteiger charge is -1.99. The molecule has 2 aromatic rings. The van der Waals surface area contributed by atoms with Crippen LogP contribution in [0.1, 0.15) is 15.2 Å². The lowest BCUT2D eigenvalue weighted by atomic mass is 10.3. The molecule has 0 aliphatic heterocycles. The molecule has 2 rings (SSSR count). The summed E-state index contributed by atoms with van der Waals surface area (Å²) in [4.78, 5) is 24.1. The predicted octanol–water partition coefficient (Wildman–Crippen LogP) is 0.496. The van der Waals surface area contributed by atoms with E-state index in [4.69, 9.17) is 5.73 Å². The van der Waals surface area contributed by atoms with E-state index in [0.717, 1.165) is 4.88 Å². The van der Waals surface area contributed by atoms with Crippen molar-refractivity contribution in [3.63, 3.8) is 0 Å². The fraction of sp³-hybridized carbons (Fsp3) is 0.0909. The number of rotatable bonds is 2.